The molecule has 0 radical (unpaired) electrons. The van der Waals surface area contributed by atoms with E-state index in [1.54, 1.807) is 29.0 Å². The van der Waals surface area contributed by atoms with Crippen molar-refractivity contribution in [3.8, 4) is 0 Å². The van der Waals surface area contributed by atoms with E-state index < -0.39 is 5.60 Å². The molecule has 1 aromatic rings. The van der Waals surface area contributed by atoms with Crippen molar-refractivity contribution in [3.63, 3.8) is 0 Å². The first-order valence-electron chi connectivity index (χ1n) is 7.93. The van der Waals surface area contributed by atoms with Gasteiger partial charge in [-0.2, -0.15) is 0 Å². The third-order valence-corrected chi connectivity index (χ3v) is 3.70. The molecule has 1 heterocycles. The van der Waals surface area contributed by atoms with Gasteiger partial charge < -0.3 is 14.5 Å². The summed E-state index contributed by atoms with van der Waals surface area (Å²) in [5, 5.41) is 0. The minimum Gasteiger partial charge on any atom is -0.444 e. The fraction of sp³-hybridized carbons (Fsp3) is 0.529. The Balaban J connectivity index is 1.90. The first kappa shape index (κ1) is 18.0. The van der Waals surface area contributed by atoms with Crippen molar-refractivity contribution in [1.82, 2.24) is 9.80 Å². The highest BCUT2D eigenvalue weighted by atomic mass is 19.1. The van der Waals surface area contributed by atoms with E-state index in [9.17, 15) is 14.0 Å². The number of hydrogen-bond acceptors (Lipinski definition) is 3. The van der Waals surface area contributed by atoms with E-state index in [0.717, 1.165) is 0 Å². The van der Waals surface area contributed by atoms with Gasteiger partial charge in [-0.25, -0.2) is 14.0 Å². The van der Waals surface area contributed by atoms with E-state index in [4.69, 9.17) is 4.74 Å². The first-order valence-corrected chi connectivity index (χ1v) is 7.93. The maximum atomic E-state index is 13.0. The number of urea groups is 1. The lowest BCUT2D eigenvalue weighted by Gasteiger charge is -2.37. The summed E-state index contributed by atoms with van der Waals surface area (Å²) in [6.45, 7) is 7.19. The van der Waals surface area contributed by atoms with Crippen molar-refractivity contribution in [1.29, 1.82) is 0 Å². The Morgan fingerprint density at radius 1 is 1.04 bits per heavy atom. The van der Waals surface area contributed by atoms with Crippen LogP contribution < -0.4 is 4.90 Å². The van der Waals surface area contributed by atoms with E-state index in [0.29, 0.717) is 31.9 Å². The molecular weight excluding hydrogens is 313 g/mol. The Labute approximate surface area is 141 Å². The molecule has 3 amide bonds. The van der Waals surface area contributed by atoms with Crippen LogP contribution in [0.25, 0.3) is 0 Å². The molecule has 2 rings (SSSR count). The maximum Gasteiger partial charge on any atom is 0.410 e. The second-order valence-electron chi connectivity index (χ2n) is 6.77. The van der Waals surface area contributed by atoms with Gasteiger partial charge in [0, 0.05) is 38.9 Å². The van der Waals surface area contributed by atoms with Gasteiger partial charge in [-0.15, -0.1) is 0 Å². The minimum absolute atomic E-state index is 0.176. The van der Waals surface area contributed by atoms with E-state index in [1.165, 1.54) is 17.0 Å². The molecule has 1 aromatic carbocycles. The number of benzene rings is 1. The van der Waals surface area contributed by atoms with Crippen LogP contribution in [-0.2, 0) is 4.74 Å². The fourth-order valence-electron chi connectivity index (χ4n) is 2.39. The number of amides is 3. The summed E-state index contributed by atoms with van der Waals surface area (Å²) in [5.41, 5.74) is 0.0864. The molecule has 1 saturated heterocycles. The minimum atomic E-state index is -0.535. The largest absolute Gasteiger partial charge is 0.444 e. The van der Waals surface area contributed by atoms with Gasteiger partial charge >= 0.3 is 12.1 Å². The maximum absolute atomic E-state index is 13.0. The van der Waals surface area contributed by atoms with Gasteiger partial charge in [0.1, 0.15) is 11.4 Å². The van der Waals surface area contributed by atoms with E-state index in [-0.39, 0.29) is 17.9 Å². The number of ether oxygens (including phenoxy) is 1. The number of rotatable bonds is 1. The molecule has 0 aliphatic carbocycles. The zero-order valence-corrected chi connectivity index (χ0v) is 14.6. The van der Waals surface area contributed by atoms with Crippen LogP contribution in [0.5, 0.6) is 0 Å². The molecule has 24 heavy (non-hydrogen) atoms. The second kappa shape index (κ2) is 7.07. The van der Waals surface area contributed by atoms with Gasteiger partial charge in [-0.1, -0.05) is 0 Å². The number of carbonyl (C=O) groups is 2. The summed E-state index contributed by atoms with van der Waals surface area (Å²) in [7, 11) is 1.65. The van der Waals surface area contributed by atoms with Gasteiger partial charge in [0.15, 0.2) is 0 Å². The molecule has 6 nitrogen and oxygen atoms in total. The lowest BCUT2D eigenvalue weighted by Crippen LogP contribution is -2.54. The summed E-state index contributed by atoms with van der Waals surface area (Å²) in [6.07, 6.45) is -0.360. The number of carbonyl (C=O) groups excluding carboxylic acids is 2. The smallest absolute Gasteiger partial charge is 0.410 e. The van der Waals surface area contributed by atoms with Gasteiger partial charge in [-0.3, -0.25) is 4.90 Å². The molecule has 132 valence electrons. The number of halogens is 1. The van der Waals surface area contributed by atoms with Crippen LogP contribution in [-0.4, -0.2) is 60.8 Å². The zero-order valence-electron chi connectivity index (χ0n) is 14.6. The monoisotopic (exact) mass is 337 g/mol. The number of piperazine rings is 1. The van der Waals surface area contributed by atoms with Gasteiger partial charge in [0.05, 0.1) is 0 Å². The van der Waals surface area contributed by atoms with Crippen molar-refractivity contribution < 1.29 is 18.7 Å². The first-order chi connectivity index (χ1) is 11.2. The quantitative estimate of drug-likeness (QED) is 0.792. The highest BCUT2D eigenvalue weighted by molar-refractivity contribution is 5.91. The van der Waals surface area contributed by atoms with Crippen LogP contribution in [0.15, 0.2) is 24.3 Å². The van der Waals surface area contributed by atoms with Crippen LogP contribution in [0.4, 0.5) is 19.7 Å². The average Bonchev–Trinajstić information content (AvgIpc) is 2.53. The number of nitrogens with zero attached hydrogens (tertiary/aromatic N) is 3. The van der Waals surface area contributed by atoms with Gasteiger partial charge in [-0.05, 0) is 45.0 Å². The predicted octanol–water partition coefficient (Wildman–Crippen LogP) is 2.93. The average molecular weight is 337 g/mol. The molecule has 0 bridgehead atoms. The molecule has 1 aliphatic rings. The van der Waals surface area contributed by atoms with Crippen molar-refractivity contribution in [2.24, 2.45) is 0 Å². The molecule has 0 saturated carbocycles. The standard InChI is InChI=1S/C17H24FN3O3/c1-17(2,3)24-16(23)21-11-9-20(10-12-21)15(22)19(4)14-7-5-13(18)6-8-14/h5-8H,9-12H2,1-4H3. The molecule has 1 aliphatic heterocycles. The van der Waals surface area contributed by atoms with Crippen LogP contribution in [0, 0.1) is 5.82 Å². The summed E-state index contributed by atoms with van der Waals surface area (Å²) in [4.78, 5) is 29.3. The van der Waals surface area contributed by atoms with Crippen LogP contribution in [0.3, 0.4) is 0 Å². The highest BCUT2D eigenvalue weighted by Gasteiger charge is 2.29. The van der Waals surface area contributed by atoms with E-state index >= 15 is 0 Å². The Hall–Kier alpha value is -2.31. The van der Waals surface area contributed by atoms with E-state index in [2.05, 4.69) is 0 Å². The van der Waals surface area contributed by atoms with Crippen LogP contribution in [0.2, 0.25) is 0 Å². The molecule has 1 fully saturated rings. The lowest BCUT2D eigenvalue weighted by molar-refractivity contribution is 0.0172. The molecule has 0 spiro atoms. The van der Waals surface area contributed by atoms with Crippen molar-refractivity contribution in [2.75, 3.05) is 38.1 Å². The zero-order chi connectivity index (χ0) is 17.9. The third kappa shape index (κ3) is 4.59. The summed E-state index contributed by atoms with van der Waals surface area (Å²) < 4.78 is 18.3. The normalized spacial score (nSPS) is 15.2. The molecule has 0 atom stereocenters. The number of hydrogen-bond donors (Lipinski definition) is 0. The summed E-state index contributed by atoms with van der Waals surface area (Å²) in [6, 6.07) is 5.58. The summed E-state index contributed by atoms with van der Waals surface area (Å²) >= 11 is 0. The lowest BCUT2D eigenvalue weighted by atomic mass is 10.2. The van der Waals surface area contributed by atoms with Crippen LogP contribution >= 0.6 is 0 Å². The highest BCUT2D eigenvalue weighted by Crippen LogP contribution is 2.17. The summed E-state index contributed by atoms with van der Waals surface area (Å²) in [5.74, 6) is -0.342. The third-order valence-electron chi connectivity index (χ3n) is 3.70. The van der Waals surface area contributed by atoms with Crippen molar-refractivity contribution in [2.45, 2.75) is 26.4 Å². The molecule has 7 heteroatoms. The van der Waals surface area contributed by atoms with Crippen LogP contribution in [0.1, 0.15) is 20.8 Å². The Morgan fingerprint density at radius 3 is 2.04 bits per heavy atom. The Bertz CT molecular complexity index is 590. The van der Waals surface area contributed by atoms with Crippen molar-refractivity contribution >= 4 is 17.8 Å². The van der Waals surface area contributed by atoms with Gasteiger partial charge in [0.25, 0.3) is 0 Å². The predicted molar refractivity (Wildman–Crippen MR) is 89.6 cm³/mol. The molecular formula is C17H24FN3O3. The van der Waals surface area contributed by atoms with Gasteiger partial charge in [0.2, 0.25) is 0 Å². The molecule has 0 N–H and O–H groups in total. The van der Waals surface area contributed by atoms with E-state index in [1.807, 2.05) is 20.8 Å². The fourth-order valence-corrected chi connectivity index (χ4v) is 2.39. The molecule has 0 aromatic heterocycles. The Kier molecular flexibility index (Phi) is 5.31. The second-order valence-corrected chi connectivity index (χ2v) is 6.77. The van der Waals surface area contributed by atoms with Crippen molar-refractivity contribution in [3.05, 3.63) is 30.1 Å². The topological polar surface area (TPSA) is 53.1 Å². The SMILES string of the molecule is CN(C(=O)N1CCN(C(=O)OC(C)(C)C)CC1)c1ccc(F)cc1. The molecule has 0 unspecified atom stereocenters. The Morgan fingerprint density at radius 2 is 1.54 bits per heavy atom. The number of anilines is 1.